The van der Waals surface area contributed by atoms with Gasteiger partial charge in [-0.15, -0.1) is 0 Å². The molecule has 0 bridgehead atoms. The van der Waals surface area contributed by atoms with Gasteiger partial charge < -0.3 is 14.6 Å². The highest BCUT2D eigenvalue weighted by atomic mass is 16.7. The number of ether oxygens (including phenoxy) is 2. The first kappa shape index (κ1) is 21.1. The predicted octanol–water partition coefficient (Wildman–Crippen LogP) is 4.97. The first-order chi connectivity index (χ1) is 14.7. The highest BCUT2D eigenvalue weighted by molar-refractivity contribution is 5.91. The number of ketones is 1. The molecule has 6 fully saturated rings. The lowest BCUT2D eigenvalue weighted by atomic mass is 9.43. The summed E-state index contributed by atoms with van der Waals surface area (Å²) in [6, 6.07) is 0. The van der Waals surface area contributed by atoms with Crippen LogP contribution in [-0.4, -0.2) is 35.5 Å². The van der Waals surface area contributed by atoms with E-state index in [0.717, 1.165) is 25.9 Å². The number of hydrogen-bond acceptors (Lipinski definition) is 4. The van der Waals surface area contributed by atoms with Gasteiger partial charge in [0.2, 0.25) is 0 Å². The Morgan fingerprint density at radius 2 is 1.81 bits per heavy atom. The minimum Gasteiger partial charge on any atom is -0.385 e. The summed E-state index contributed by atoms with van der Waals surface area (Å²) < 4.78 is 13.1. The average molecular weight is 431 g/mol. The van der Waals surface area contributed by atoms with Crippen LogP contribution in [0.5, 0.6) is 0 Å². The van der Waals surface area contributed by atoms with Crippen LogP contribution < -0.4 is 0 Å². The maximum atomic E-state index is 14.1. The van der Waals surface area contributed by atoms with Crippen molar-refractivity contribution in [1.82, 2.24) is 0 Å². The zero-order valence-corrected chi connectivity index (χ0v) is 19.9. The predicted molar refractivity (Wildman–Crippen MR) is 118 cm³/mol. The molecule has 2 aliphatic heterocycles. The quantitative estimate of drug-likeness (QED) is 0.589. The molecule has 3 unspecified atom stereocenters. The Morgan fingerprint density at radius 3 is 2.55 bits per heavy atom. The second kappa shape index (κ2) is 6.79. The number of rotatable bonds is 0. The highest BCUT2D eigenvalue weighted by Gasteiger charge is 2.73. The van der Waals surface area contributed by atoms with E-state index in [0.29, 0.717) is 23.7 Å². The van der Waals surface area contributed by atoms with Gasteiger partial charge in [-0.25, -0.2) is 0 Å². The molecule has 1 spiro atoms. The molecule has 31 heavy (non-hydrogen) atoms. The molecular weight excluding hydrogens is 388 g/mol. The van der Waals surface area contributed by atoms with Crippen LogP contribution in [0.1, 0.15) is 85.5 Å². The van der Waals surface area contributed by atoms with E-state index >= 15 is 0 Å². The lowest BCUT2D eigenvalue weighted by molar-refractivity contribution is -0.273. The average Bonchev–Trinajstić information content (AvgIpc) is 3.19. The summed E-state index contributed by atoms with van der Waals surface area (Å²) in [6.45, 7) is 9.87. The molecule has 2 saturated heterocycles. The van der Waals surface area contributed by atoms with E-state index in [-0.39, 0.29) is 35.1 Å². The monoisotopic (exact) mass is 430 g/mol. The molecule has 0 radical (unpaired) electrons. The molecule has 4 nitrogen and oxygen atoms in total. The van der Waals surface area contributed by atoms with Crippen molar-refractivity contribution in [2.75, 3.05) is 6.61 Å². The fraction of sp³-hybridized carbons (Fsp3) is 0.963. The van der Waals surface area contributed by atoms with E-state index in [9.17, 15) is 9.90 Å². The standard InChI is InChI=1S/C27H42O4/c1-15-10-12-27(30-14-15)16(2)21-20(31-27)13-19-18-9-8-17-7-5-6-11-25(17,3)22(18)23(28)24(29)26(19,21)4/h15-23,28H,5-14H2,1-4H3/t15?,16-,17?,18-,19-,20-,21-,22+,23?,25-,26-,27+/m0/s1. The first-order valence-corrected chi connectivity index (χ1v) is 13.3. The van der Waals surface area contributed by atoms with Gasteiger partial charge >= 0.3 is 0 Å². The molecule has 174 valence electrons. The van der Waals surface area contributed by atoms with Gasteiger partial charge in [-0.3, -0.25) is 4.79 Å². The molecular formula is C27H42O4. The molecule has 4 aliphatic carbocycles. The smallest absolute Gasteiger partial charge is 0.171 e. The lowest BCUT2D eigenvalue weighted by Gasteiger charge is -2.61. The maximum absolute atomic E-state index is 14.1. The summed E-state index contributed by atoms with van der Waals surface area (Å²) in [6.07, 6.45) is 9.85. The molecule has 6 aliphatic rings. The lowest BCUT2D eigenvalue weighted by Crippen LogP contribution is -2.63. The van der Waals surface area contributed by atoms with Gasteiger partial charge in [0.1, 0.15) is 6.10 Å². The van der Waals surface area contributed by atoms with Gasteiger partial charge in [-0.2, -0.15) is 0 Å². The second-order valence-corrected chi connectivity index (χ2v) is 12.9. The first-order valence-electron chi connectivity index (χ1n) is 13.3. The summed E-state index contributed by atoms with van der Waals surface area (Å²) in [5.74, 6) is 2.22. The third-order valence-corrected chi connectivity index (χ3v) is 11.7. The van der Waals surface area contributed by atoms with Crippen LogP contribution in [0, 0.1) is 52.3 Å². The van der Waals surface area contributed by atoms with Crippen molar-refractivity contribution in [2.45, 2.75) is 103 Å². The number of aliphatic hydroxyl groups is 1. The number of hydrogen-bond donors (Lipinski definition) is 1. The molecule has 1 N–H and O–H groups in total. The van der Waals surface area contributed by atoms with Gasteiger partial charge in [0.25, 0.3) is 0 Å². The van der Waals surface area contributed by atoms with Crippen LogP contribution in [0.25, 0.3) is 0 Å². The molecule has 4 heteroatoms. The molecule has 12 atom stereocenters. The van der Waals surface area contributed by atoms with Crippen LogP contribution in [0.4, 0.5) is 0 Å². The van der Waals surface area contributed by atoms with Gasteiger partial charge in [-0.05, 0) is 67.6 Å². The van der Waals surface area contributed by atoms with Gasteiger partial charge in [0.05, 0.1) is 12.7 Å². The molecule has 2 heterocycles. The summed E-state index contributed by atoms with van der Waals surface area (Å²) >= 11 is 0. The molecule has 0 aromatic heterocycles. The minimum atomic E-state index is -0.799. The van der Waals surface area contributed by atoms with Crippen LogP contribution in [0.2, 0.25) is 0 Å². The number of carbonyl (C=O) groups is 1. The van der Waals surface area contributed by atoms with Crippen molar-refractivity contribution in [1.29, 1.82) is 0 Å². The molecule has 0 aromatic carbocycles. The van der Waals surface area contributed by atoms with Crippen molar-refractivity contribution in [3.05, 3.63) is 0 Å². The van der Waals surface area contributed by atoms with E-state index < -0.39 is 17.3 Å². The summed E-state index contributed by atoms with van der Waals surface area (Å²) in [5, 5.41) is 11.6. The molecule has 0 aromatic rings. The maximum Gasteiger partial charge on any atom is 0.171 e. The van der Waals surface area contributed by atoms with Gasteiger partial charge in [0.15, 0.2) is 11.6 Å². The largest absolute Gasteiger partial charge is 0.385 e. The molecule has 6 rings (SSSR count). The van der Waals surface area contributed by atoms with Gasteiger partial charge in [-0.1, -0.05) is 40.5 Å². The third kappa shape index (κ3) is 2.56. The normalized spacial score (nSPS) is 60.9. The zero-order valence-electron chi connectivity index (χ0n) is 19.9. The fourth-order valence-corrected chi connectivity index (χ4v) is 10.1. The van der Waals surface area contributed by atoms with E-state index in [1.165, 1.54) is 38.5 Å². The van der Waals surface area contributed by atoms with E-state index in [1.54, 1.807) is 0 Å². The fourth-order valence-electron chi connectivity index (χ4n) is 10.1. The third-order valence-electron chi connectivity index (χ3n) is 11.7. The van der Waals surface area contributed by atoms with E-state index in [1.807, 2.05) is 0 Å². The van der Waals surface area contributed by atoms with Crippen molar-refractivity contribution in [3.63, 3.8) is 0 Å². The Bertz CT molecular complexity index is 756. The van der Waals surface area contributed by atoms with Crippen LogP contribution in [-0.2, 0) is 14.3 Å². The molecule has 0 amide bonds. The van der Waals surface area contributed by atoms with Crippen LogP contribution in [0.15, 0.2) is 0 Å². The van der Waals surface area contributed by atoms with Crippen molar-refractivity contribution >= 4 is 5.78 Å². The number of carbonyl (C=O) groups excluding carboxylic acids is 1. The van der Waals surface area contributed by atoms with E-state index in [2.05, 4.69) is 27.7 Å². The molecule has 4 saturated carbocycles. The van der Waals surface area contributed by atoms with Gasteiger partial charge in [0, 0.05) is 29.6 Å². The number of aliphatic hydroxyl groups excluding tert-OH is 1. The summed E-state index contributed by atoms with van der Waals surface area (Å²) in [5.41, 5.74) is -0.343. The Kier molecular flexibility index (Phi) is 4.62. The number of Topliss-reactive ketones (excluding diaryl/α,β-unsaturated/α-hetero) is 1. The van der Waals surface area contributed by atoms with Crippen molar-refractivity contribution in [3.8, 4) is 0 Å². The Balaban J connectivity index is 1.35. The zero-order chi connectivity index (χ0) is 21.8. The minimum absolute atomic E-state index is 0.102. The SMILES string of the molecule is CC1CC[C@@]2(OC1)O[C@H]1C[C@H]3[C@@H]4CCC5CCCC[C@]5(C)[C@H]4C(O)C(=O)[C@]3(C)[C@H]1[C@@H]2C. The van der Waals surface area contributed by atoms with Crippen molar-refractivity contribution < 1.29 is 19.4 Å². The Labute approximate surface area is 187 Å². The second-order valence-electron chi connectivity index (χ2n) is 12.9. The Morgan fingerprint density at radius 1 is 1.00 bits per heavy atom. The number of fused-ring (bicyclic) bond motifs is 7. The van der Waals surface area contributed by atoms with Crippen molar-refractivity contribution in [2.24, 2.45) is 52.3 Å². The summed E-state index contributed by atoms with van der Waals surface area (Å²) in [4.78, 5) is 14.1. The summed E-state index contributed by atoms with van der Waals surface area (Å²) in [7, 11) is 0. The highest BCUT2D eigenvalue weighted by Crippen LogP contribution is 2.70. The Hall–Kier alpha value is -0.450. The van der Waals surface area contributed by atoms with E-state index in [4.69, 9.17) is 9.47 Å². The van der Waals surface area contributed by atoms with Crippen LogP contribution >= 0.6 is 0 Å². The topological polar surface area (TPSA) is 55.8 Å². The van der Waals surface area contributed by atoms with Crippen LogP contribution in [0.3, 0.4) is 0 Å².